The van der Waals surface area contributed by atoms with E-state index in [0.717, 1.165) is 17.7 Å². The molecule has 3 rings (SSSR count). The van der Waals surface area contributed by atoms with Crippen LogP contribution >= 0.6 is 0 Å². The summed E-state index contributed by atoms with van der Waals surface area (Å²) in [7, 11) is 0. The van der Waals surface area contributed by atoms with Crippen LogP contribution in [-0.2, 0) is 33.5 Å². The number of ether oxygens (including phenoxy) is 1. The van der Waals surface area contributed by atoms with Gasteiger partial charge in [-0.25, -0.2) is 4.98 Å². The Balaban J connectivity index is 1.83. The monoisotopic (exact) mass is 486 g/mol. The van der Waals surface area contributed by atoms with Gasteiger partial charge >= 0.3 is 12.1 Å². The van der Waals surface area contributed by atoms with Gasteiger partial charge in [0.25, 0.3) is 11.5 Å². The number of nitrogens with zero attached hydrogens (tertiary/aromatic N) is 3. The third-order valence-corrected chi connectivity index (χ3v) is 5.01. The average molecular weight is 486 g/mol. The van der Waals surface area contributed by atoms with Gasteiger partial charge in [0.05, 0.1) is 42.1 Å². The number of carbonyl (C=O) groups is 2. The molecule has 11 heteroatoms. The number of alkyl halides is 3. The van der Waals surface area contributed by atoms with Gasteiger partial charge < -0.3 is 14.6 Å². The second kappa shape index (κ2) is 11.3. The lowest BCUT2D eigenvalue weighted by molar-refractivity contribution is -0.148. The van der Waals surface area contributed by atoms with E-state index in [1.165, 1.54) is 10.6 Å². The largest absolute Gasteiger partial charge is 0.456 e. The summed E-state index contributed by atoms with van der Waals surface area (Å²) in [5, 5.41) is 10.8. The molecule has 2 aromatic carbocycles. The number of hydrogen-bond donors (Lipinski definition) is 1. The number of rotatable bonds is 9. The Morgan fingerprint density at radius 3 is 2.57 bits per heavy atom. The zero-order chi connectivity index (χ0) is 25.4. The first kappa shape index (κ1) is 25.4. The van der Waals surface area contributed by atoms with Gasteiger partial charge in [-0.3, -0.25) is 14.4 Å². The summed E-state index contributed by atoms with van der Waals surface area (Å²) >= 11 is 0. The molecule has 1 amide bonds. The normalized spacial score (nSPS) is 11.1. The van der Waals surface area contributed by atoms with E-state index in [1.807, 2.05) is 6.07 Å². The van der Waals surface area contributed by atoms with Crippen LogP contribution in [0.1, 0.15) is 29.7 Å². The van der Waals surface area contributed by atoms with Crippen molar-refractivity contribution in [3.05, 3.63) is 75.7 Å². The Morgan fingerprint density at radius 1 is 1.14 bits per heavy atom. The zero-order valence-corrected chi connectivity index (χ0v) is 18.5. The Labute approximate surface area is 198 Å². The molecule has 3 aromatic rings. The van der Waals surface area contributed by atoms with Crippen molar-refractivity contribution in [2.75, 3.05) is 13.2 Å². The molecule has 182 valence electrons. The molecule has 0 atom stereocenters. The van der Waals surface area contributed by atoms with Gasteiger partial charge in [0.1, 0.15) is 5.69 Å². The minimum absolute atomic E-state index is 0.0319. The summed E-state index contributed by atoms with van der Waals surface area (Å²) in [6.45, 7) is -0.332. The van der Waals surface area contributed by atoms with Crippen molar-refractivity contribution in [1.82, 2.24) is 14.9 Å². The Bertz CT molecular complexity index is 1310. The van der Waals surface area contributed by atoms with E-state index in [9.17, 15) is 27.6 Å². The minimum atomic E-state index is -4.59. The third kappa shape index (κ3) is 6.89. The number of halogens is 3. The Kier molecular flexibility index (Phi) is 8.20. The van der Waals surface area contributed by atoms with E-state index in [-0.39, 0.29) is 49.1 Å². The maximum Gasteiger partial charge on any atom is 0.416 e. The number of amides is 1. The lowest BCUT2D eigenvalue weighted by Crippen LogP contribution is -2.30. The molecule has 0 unspecified atom stereocenters. The second-order valence-electron chi connectivity index (χ2n) is 7.56. The van der Waals surface area contributed by atoms with E-state index in [4.69, 9.17) is 10.00 Å². The van der Waals surface area contributed by atoms with Crippen LogP contribution < -0.4 is 10.9 Å². The molecule has 0 bridgehead atoms. The van der Waals surface area contributed by atoms with Crippen LogP contribution in [0.15, 0.2) is 53.3 Å². The first-order valence-electron chi connectivity index (χ1n) is 10.6. The van der Waals surface area contributed by atoms with Gasteiger partial charge in [-0.05, 0) is 23.8 Å². The summed E-state index contributed by atoms with van der Waals surface area (Å²) in [6, 6.07) is 13.7. The van der Waals surface area contributed by atoms with E-state index < -0.39 is 35.8 Å². The summed E-state index contributed by atoms with van der Waals surface area (Å²) in [6.07, 6.45) is -4.97. The van der Waals surface area contributed by atoms with Gasteiger partial charge in [0, 0.05) is 13.0 Å². The number of hydrogen-bond acceptors (Lipinski definition) is 6. The standard InChI is InChI=1S/C24H21F3N4O4/c25-24(26,27)17-7-9-20-19(13-17)30-18(23(34)31(20)14-16-5-2-1-3-6-16)8-10-22(33)35-15-21(32)29-12-4-11-28/h1-3,5-7,9,13H,4,8,10,12,14-15H2,(H,29,32). The molecule has 0 saturated carbocycles. The minimum Gasteiger partial charge on any atom is -0.456 e. The highest BCUT2D eigenvalue weighted by atomic mass is 19.4. The first-order valence-corrected chi connectivity index (χ1v) is 10.6. The molecule has 0 aliphatic rings. The predicted octanol–water partition coefficient (Wildman–Crippen LogP) is 2.97. The Hall–Kier alpha value is -4.20. The van der Waals surface area contributed by atoms with Crippen molar-refractivity contribution < 1.29 is 27.5 Å². The molecular formula is C24H21F3N4O4. The molecule has 0 aliphatic carbocycles. The zero-order valence-electron chi connectivity index (χ0n) is 18.5. The molecule has 0 spiro atoms. The van der Waals surface area contributed by atoms with Crippen LogP contribution in [0.25, 0.3) is 11.0 Å². The van der Waals surface area contributed by atoms with Crippen LogP contribution in [0, 0.1) is 11.3 Å². The molecular weight excluding hydrogens is 465 g/mol. The summed E-state index contributed by atoms with van der Waals surface area (Å²) in [5.74, 6) is -1.36. The fraction of sp³-hybridized carbons (Fsp3) is 0.292. The fourth-order valence-corrected chi connectivity index (χ4v) is 3.31. The van der Waals surface area contributed by atoms with Crippen LogP contribution in [-0.4, -0.2) is 34.6 Å². The maximum absolute atomic E-state index is 13.2. The number of nitrogens with one attached hydrogen (secondary N) is 1. The van der Waals surface area contributed by atoms with Crippen molar-refractivity contribution in [3.63, 3.8) is 0 Å². The van der Waals surface area contributed by atoms with Crippen LogP contribution in [0.3, 0.4) is 0 Å². The number of aromatic nitrogens is 2. The maximum atomic E-state index is 13.2. The van der Waals surface area contributed by atoms with Crippen molar-refractivity contribution in [3.8, 4) is 6.07 Å². The Morgan fingerprint density at radius 2 is 1.89 bits per heavy atom. The second-order valence-corrected chi connectivity index (χ2v) is 7.56. The highest BCUT2D eigenvalue weighted by Crippen LogP contribution is 2.31. The number of fused-ring (bicyclic) bond motifs is 1. The van der Waals surface area contributed by atoms with E-state index in [2.05, 4.69) is 10.3 Å². The molecule has 1 N–H and O–H groups in total. The highest BCUT2D eigenvalue weighted by molar-refractivity contribution is 5.80. The van der Waals surface area contributed by atoms with Gasteiger partial charge in [0.2, 0.25) is 0 Å². The number of esters is 1. The van der Waals surface area contributed by atoms with Gasteiger partial charge in [-0.15, -0.1) is 0 Å². The number of carbonyl (C=O) groups excluding carboxylic acids is 2. The molecule has 0 aliphatic heterocycles. The van der Waals surface area contributed by atoms with Crippen LogP contribution in [0.2, 0.25) is 0 Å². The molecule has 35 heavy (non-hydrogen) atoms. The van der Waals surface area contributed by atoms with Crippen molar-refractivity contribution in [2.45, 2.75) is 32.0 Å². The van der Waals surface area contributed by atoms with Gasteiger partial charge in [0.15, 0.2) is 6.61 Å². The van der Waals surface area contributed by atoms with Crippen molar-refractivity contribution in [2.24, 2.45) is 0 Å². The number of nitriles is 1. The molecule has 1 heterocycles. The summed E-state index contributed by atoms with van der Waals surface area (Å²) in [5.41, 5.74) is -0.584. The van der Waals surface area contributed by atoms with Gasteiger partial charge in [-0.2, -0.15) is 18.4 Å². The summed E-state index contributed by atoms with van der Waals surface area (Å²) in [4.78, 5) is 40.9. The number of benzene rings is 2. The number of aryl methyl sites for hydroxylation is 1. The topological polar surface area (TPSA) is 114 Å². The third-order valence-electron chi connectivity index (χ3n) is 5.01. The quantitative estimate of drug-likeness (QED) is 0.368. The van der Waals surface area contributed by atoms with E-state index in [1.54, 1.807) is 30.3 Å². The molecule has 0 fully saturated rings. The van der Waals surface area contributed by atoms with Crippen molar-refractivity contribution in [1.29, 1.82) is 5.26 Å². The lowest BCUT2D eigenvalue weighted by atomic mass is 10.1. The van der Waals surface area contributed by atoms with E-state index in [0.29, 0.717) is 0 Å². The molecule has 1 aromatic heterocycles. The lowest BCUT2D eigenvalue weighted by Gasteiger charge is -2.14. The molecule has 0 saturated heterocycles. The first-order chi connectivity index (χ1) is 16.7. The van der Waals surface area contributed by atoms with Gasteiger partial charge in [-0.1, -0.05) is 30.3 Å². The van der Waals surface area contributed by atoms with Crippen molar-refractivity contribution >= 4 is 22.9 Å². The highest BCUT2D eigenvalue weighted by Gasteiger charge is 2.31. The molecule has 0 radical (unpaired) electrons. The summed E-state index contributed by atoms with van der Waals surface area (Å²) < 4.78 is 45.9. The molecule has 8 nitrogen and oxygen atoms in total. The SMILES string of the molecule is N#CCCNC(=O)COC(=O)CCc1nc2cc(C(F)(F)F)ccc2n(Cc2ccccc2)c1=O. The fourth-order valence-electron chi connectivity index (χ4n) is 3.31. The predicted molar refractivity (Wildman–Crippen MR) is 119 cm³/mol. The van der Waals surface area contributed by atoms with Crippen LogP contribution in [0.5, 0.6) is 0 Å². The van der Waals surface area contributed by atoms with Crippen LogP contribution in [0.4, 0.5) is 13.2 Å². The smallest absolute Gasteiger partial charge is 0.416 e. The average Bonchev–Trinajstić information content (AvgIpc) is 2.83. The van der Waals surface area contributed by atoms with E-state index >= 15 is 0 Å².